The summed E-state index contributed by atoms with van der Waals surface area (Å²) in [5.41, 5.74) is 6.34. The van der Waals surface area contributed by atoms with Crippen molar-refractivity contribution in [3.63, 3.8) is 0 Å². The van der Waals surface area contributed by atoms with Crippen LogP contribution in [-0.2, 0) is 16.1 Å². The van der Waals surface area contributed by atoms with Gasteiger partial charge in [-0.3, -0.25) is 0 Å². The molecule has 0 spiro atoms. The number of rotatable bonds is 2. The van der Waals surface area contributed by atoms with Gasteiger partial charge in [-0.25, -0.2) is 0 Å². The van der Waals surface area contributed by atoms with Gasteiger partial charge in [0, 0.05) is 6.08 Å². The summed E-state index contributed by atoms with van der Waals surface area (Å²) in [6.45, 7) is 8.04. The zero-order valence-electron chi connectivity index (χ0n) is 14.8. The molecule has 0 heterocycles. The van der Waals surface area contributed by atoms with Crippen LogP contribution in [0.1, 0.15) is 33.4 Å². The number of aliphatic hydroxyl groups excluding tert-OH is 2. The summed E-state index contributed by atoms with van der Waals surface area (Å²) in [5, 5.41) is 26.2. The Kier molecular flexibility index (Phi) is 13.8. The molecule has 0 aromatic heterocycles. The Morgan fingerprint density at radius 2 is 1.24 bits per heavy atom. The maximum atomic E-state index is 8.90. The van der Waals surface area contributed by atoms with Crippen molar-refractivity contribution in [3.8, 4) is 0 Å². The summed E-state index contributed by atoms with van der Waals surface area (Å²) in [7, 11) is 0.628. The Bertz CT molecular complexity index is 644. The average Bonchev–Trinajstić information content (AvgIpc) is 2.53. The Balaban J connectivity index is 0.000000403. The molecule has 0 aliphatic rings. The van der Waals surface area contributed by atoms with Crippen LogP contribution in [0.15, 0.2) is 42.3 Å². The Morgan fingerprint density at radius 3 is 1.52 bits per heavy atom. The third-order valence-corrected chi connectivity index (χ3v) is 3.62. The van der Waals surface area contributed by atoms with E-state index in [-0.39, 0.29) is 6.61 Å². The minimum absolute atomic E-state index is 0.151. The molecule has 0 saturated heterocycles. The van der Waals surface area contributed by atoms with Gasteiger partial charge in [-0.05, 0) is 61.1 Å². The van der Waals surface area contributed by atoms with Gasteiger partial charge in [0.05, 0.1) is 6.61 Å². The van der Waals surface area contributed by atoms with Gasteiger partial charge in [0.1, 0.15) is 0 Å². The van der Waals surface area contributed by atoms with Crippen molar-refractivity contribution in [2.75, 3.05) is 0 Å². The van der Waals surface area contributed by atoms with Gasteiger partial charge >= 0.3 is 49.4 Å². The molecule has 25 heavy (non-hydrogen) atoms. The standard InChI is InChI=1S/C10H12O2.C9H12O.2HI.V/c1-7-4-3-5-8(2)9(7)6-10(11)12;1-7-4-3-5-8(2)9(7)6-10;;;/h3-6,11-12H,1-2H3;3-5,10H,6H2,1-2H3;2*1H;/q;;;;+2/p-2. The zero-order valence-corrected chi connectivity index (χ0v) is 20.5. The van der Waals surface area contributed by atoms with Gasteiger partial charge < -0.3 is 15.3 Å². The van der Waals surface area contributed by atoms with Crippen molar-refractivity contribution in [2.24, 2.45) is 0 Å². The molecule has 0 atom stereocenters. The zero-order chi connectivity index (χ0) is 19.4. The number of aryl methyl sites for hydroxylation is 4. The second-order valence-electron chi connectivity index (χ2n) is 5.40. The molecule has 0 saturated carbocycles. The molecular weight excluding hydrogens is 581 g/mol. The van der Waals surface area contributed by atoms with Crippen LogP contribution in [0.3, 0.4) is 0 Å². The minimum atomic E-state index is -0.646. The summed E-state index contributed by atoms with van der Waals surface area (Å²) < 4.78 is 0. The quantitative estimate of drug-likeness (QED) is 0.279. The van der Waals surface area contributed by atoms with Gasteiger partial charge in [0.15, 0.2) is 0 Å². The number of hydrogen-bond donors (Lipinski definition) is 3. The topological polar surface area (TPSA) is 60.7 Å². The van der Waals surface area contributed by atoms with E-state index >= 15 is 0 Å². The molecule has 2 aromatic rings. The monoisotopic (exact) mass is 605 g/mol. The second kappa shape index (κ2) is 13.9. The molecule has 0 bridgehead atoms. The van der Waals surface area contributed by atoms with Gasteiger partial charge in [-0.15, -0.1) is 0 Å². The third kappa shape index (κ3) is 9.89. The first-order valence-electron chi connectivity index (χ1n) is 7.52. The summed E-state index contributed by atoms with van der Waals surface area (Å²) >= 11 is 4.74. The third-order valence-electron chi connectivity index (χ3n) is 3.62. The summed E-state index contributed by atoms with van der Waals surface area (Å²) in [4.78, 5) is 0. The molecule has 2 aromatic carbocycles. The normalized spacial score (nSPS) is 9.08. The van der Waals surface area contributed by atoms with E-state index in [0.29, 0.717) is 9.47 Å². The van der Waals surface area contributed by atoms with Gasteiger partial charge in [-0.1, -0.05) is 36.4 Å². The first-order valence-corrected chi connectivity index (χ1v) is 16.5. The molecule has 0 aliphatic carbocycles. The molecule has 0 fully saturated rings. The van der Waals surface area contributed by atoms with E-state index in [4.69, 9.17) is 15.3 Å². The fraction of sp³-hybridized carbons (Fsp3) is 0.263. The second-order valence-corrected chi connectivity index (χ2v) is 17.2. The van der Waals surface area contributed by atoms with Crippen molar-refractivity contribution >= 4 is 46.0 Å². The molecule has 0 unspecified atom stereocenters. The first kappa shape index (κ1) is 24.8. The van der Waals surface area contributed by atoms with E-state index in [1.54, 1.807) is 0 Å². The Morgan fingerprint density at radius 1 is 0.880 bits per heavy atom. The summed E-state index contributed by atoms with van der Waals surface area (Å²) in [6.07, 6.45) is 1.35. The SMILES string of the molecule is Cc1cccc(C)c1C=C(O)O.Cc1cccc(C)c1CO.[I][V][I]. The Labute approximate surface area is 179 Å². The summed E-state index contributed by atoms with van der Waals surface area (Å²) in [6, 6.07) is 11.8. The van der Waals surface area contributed by atoms with E-state index in [0.717, 1.165) is 22.3 Å². The number of benzene rings is 2. The molecule has 0 radical (unpaired) electrons. The first-order chi connectivity index (χ1) is 11.8. The Hall–Kier alpha value is -0.216. The molecule has 3 nitrogen and oxygen atoms in total. The molecule has 3 N–H and O–H groups in total. The van der Waals surface area contributed by atoms with Crippen molar-refractivity contribution in [1.82, 2.24) is 0 Å². The van der Waals surface area contributed by atoms with Crippen LogP contribution in [0.5, 0.6) is 0 Å². The van der Waals surface area contributed by atoms with Gasteiger partial charge in [0.25, 0.3) is 5.95 Å². The van der Waals surface area contributed by atoms with Crippen LogP contribution in [0.4, 0.5) is 0 Å². The van der Waals surface area contributed by atoms with Gasteiger partial charge in [-0.2, -0.15) is 0 Å². The van der Waals surface area contributed by atoms with E-state index in [1.165, 1.54) is 17.2 Å². The van der Waals surface area contributed by atoms with Crippen molar-refractivity contribution in [3.05, 3.63) is 75.7 Å². The number of aliphatic hydroxyl groups is 3. The van der Waals surface area contributed by atoms with E-state index < -0.39 is 5.95 Å². The number of hydrogen-bond acceptors (Lipinski definition) is 3. The van der Waals surface area contributed by atoms with Gasteiger partial charge in [0.2, 0.25) is 0 Å². The predicted molar refractivity (Wildman–Crippen MR) is 119 cm³/mol. The maximum absolute atomic E-state index is 8.90. The van der Waals surface area contributed by atoms with Crippen molar-refractivity contribution in [2.45, 2.75) is 34.3 Å². The van der Waals surface area contributed by atoms with E-state index in [2.05, 4.69) is 40.0 Å². The van der Waals surface area contributed by atoms with Crippen LogP contribution >= 0.6 is 40.0 Å². The molecular formula is C19H24I2O3V. The van der Waals surface area contributed by atoms with Crippen LogP contribution in [0.25, 0.3) is 6.08 Å². The molecule has 6 heteroatoms. The van der Waals surface area contributed by atoms with Crippen LogP contribution in [0.2, 0.25) is 0 Å². The van der Waals surface area contributed by atoms with Crippen LogP contribution in [-0.4, -0.2) is 15.3 Å². The van der Waals surface area contributed by atoms with E-state index in [1.807, 2.05) is 64.1 Å². The van der Waals surface area contributed by atoms with Crippen molar-refractivity contribution in [1.29, 1.82) is 0 Å². The van der Waals surface area contributed by atoms with Crippen molar-refractivity contribution < 1.29 is 24.8 Å². The number of halogens is 2. The molecule has 2 rings (SSSR count). The summed E-state index contributed by atoms with van der Waals surface area (Å²) in [5.74, 6) is -0.646. The molecule has 0 aliphatic heterocycles. The predicted octanol–water partition coefficient (Wildman–Crippen LogP) is 6.28. The average molecular weight is 605 g/mol. The fourth-order valence-electron chi connectivity index (χ4n) is 2.28. The van der Waals surface area contributed by atoms with Crippen LogP contribution in [0, 0.1) is 27.7 Å². The fourth-order valence-corrected chi connectivity index (χ4v) is 2.28. The van der Waals surface area contributed by atoms with Crippen LogP contribution < -0.4 is 0 Å². The van der Waals surface area contributed by atoms with E-state index in [9.17, 15) is 0 Å². The molecule has 0 amide bonds. The molecule has 137 valence electrons.